The van der Waals surface area contributed by atoms with Crippen molar-refractivity contribution >= 4 is 11.7 Å². The van der Waals surface area contributed by atoms with Crippen molar-refractivity contribution in [2.45, 2.75) is 19.4 Å². The number of carbonyl (C=O) groups is 1. The predicted octanol–water partition coefficient (Wildman–Crippen LogP) is 1.76. The van der Waals surface area contributed by atoms with E-state index in [-0.39, 0.29) is 35.5 Å². The molecule has 0 fully saturated rings. The Morgan fingerprint density at radius 2 is 1.75 bits per heavy atom. The summed E-state index contributed by atoms with van der Waals surface area (Å²) in [4.78, 5) is 24.2. The van der Waals surface area contributed by atoms with Crippen molar-refractivity contribution in [3.63, 3.8) is 0 Å². The quantitative estimate of drug-likeness (QED) is 0.413. The van der Waals surface area contributed by atoms with Crippen LogP contribution in [0.3, 0.4) is 0 Å². The minimum absolute atomic E-state index is 0.0371. The van der Waals surface area contributed by atoms with E-state index in [0.29, 0.717) is 5.56 Å². The first-order chi connectivity index (χ1) is 15.4. The van der Waals surface area contributed by atoms with Crippen LogP contribution in [-0.2, 0) is 11.3 Å². The summed E-state index contributed by atoms with van der Waals surface area (Å²) in [6.07, 6.45) is -2.12. The number of anilines is 1. The molecule has 0 unspecified atom stereocenters. The summed E-state index contributed by atoms with van der Waals surface area (Å²) in [7, 11) is 0. The molecule has 0 atom stereocenters. The van der Waals surface area contributed by atoms with Gasteiger partial charge in [-0.25, -0.2) is 15.0 Å². The fourth-order valence-corrected chi connectivity index (χ4v) is 2.32. The maximum absolute atomic E-state index is 12.5. The van der Waals surface area contributed by atoms with Crippen molar-refractivity contribution in [2.75, 3.05) is 5.32 Å². The summed E-state index contributed by atoms with van der Waals surface area (Å²) < 4.78 is 54.4. The van der Waals surface area contributed by atoms with E-state index in [1.54, 1.807) is 0 Å². The van der Waals surface area contributed by atoms with Crippen molar-refractivity contribution in [1.82, 2.24) is 45.4 Å². The normalized spacial score (nSPS) is 11.3. The van der Waals surface area contributed by atoms with Gasteiger partial charge in [0.05, 0.1) is 5.56 Å². The van der Waals surface area contributed by atoms with Crippen LogP contribution >= 0.6 is 0 Å². The SMILES string of the molecule is O=C(Nc1ccc(-c2nnn(Cc3ncc(-c4nnc(C(F)F)o4)cn3)n2)cn1)C(F)F. The molecule has 0 saturated heterocycles. The van der Waals surface area contributed by atoms with Gasteiger partial charge < -0.3 is 9.73 Å². The lowest BCUT2D eigenvalue weighted by atomic mass is 10.3. The highest BCUT2D eigenvalue weighted by atomic mass is 19.3. The molecule has 0 radical (unpaired) electrons. The first-order valence-corrected chi connectivity index (χ1v) is 8.65. The number of hydrogen-bond donors (Lipinski definition) is 1. The molecule has 16 heteroatoms. The number of carbonyl (C=O) groups excluding carboxylic acids is 1. The Bertz CT molecular complexity index is 1210. The van der Waals surface area contributed by atoms with Crippen molar-refractivity contribution in [1.29, 1.82) is 0 Å². The number of aromatic nitrogens is 9. The molecule has 4 heterocycles. The zero-order valence-corrected chi connectivity index (χ0v) is 15.6. The molecule has 1 N–H and O–H groups in total. The fraction of sp³-hybridized carbons (Fsp3) is 0.188. The minimum Gasteiger partial charge on any atom is -0.415 e. The molecule has 0 aromatic carbocycles. The Labute approximate surface area is 174 Å². The summed E-state index contributed by atoms with van der Waals surface area (Å²) >= 11 is 0. The average Bonchev–Trinajstić information content (AvgIpc) is 3.45. The molecule has 0 aliphatic carbocycles. The number of nitrogens with one attached hydrogen (secondary N) is 1. The van der Waals surface area contributed by atoms with Gasteiger partial charge in [0.15, 0.2) is 5.82 Å². The zero-order chi connectivity index (χ0) is 22.7. The smallest absolute Gasteiger partial charge is 0.315 e. The molecular formula is C16H10F4N10O2. The van der Waals surface area contributed by atoms with Gasteiger partial charge >= 0.3 is 12.9 Å². The van der Waals surface area contributed by atoms with Crippen molar-refractivity contribution < 1.29 is 26.8 Å². The molecule has 4 rings (SSSR count). The predicted molar refractivity (Wildman–Crippen MR) is 95.1 cm³/mol. The standard InChI is InChI=1S/C16H10F4N10O2/c17-11(18)14(31)24-9-2-1-7(3-21-9)13-25-29-30(28-13)6-10-22-4-8(5-23-10)15-26-27-16(32-15)12(19)20/h1-5,11-12H,6H2,(H,21,24,31). The Morgan fingerprint density at radius 3 is 2.38 bits per heavy atom. The minimum atomic E-state index is -3.16. The highest BCUT2D eigenvalue weighted by Crippen LogP contribution is 2.22. The van der Waals surface area contributed by atoms with E-state index in [1.165, 1.54) is 35.5 Å². The zero-order valence-electron chi connectivity index (χ0n) is 15.6. The van der Waals surface area contributed by atoms with Crippen LogP contribution in [0.4, 0.5) is 23.4 Å². The van der Waals surface area contributed by atoms with Gasteiger partial charge in [-0.3, -0.25) is 4.79 Å². The molecule has 4 aromatic heterocycles. The lowest BCUT2D eigenvalue weighted by Crippen LogP contribution is -2.20. The molecule has 0 saturated carbocycles. The molecule has 0 aliphatic heterocycles. The van der Waals surface area contributed by atoms with Gasteiger partial charge in [0.1, 0.15) is 12.4 Å². The van der Waals surface area contributed by atoms with Crippen molar-refractivity contribution in [2.24, 2.45) is 0 Å². The maximum Gasteiger partial charge on any atom is 0.315 e. The maximum atomic E-state index is 12.5. The van der Waals surface area contributed by atoms with E-state index in [1.807, 2.05) is 5.32 Å². The van der Waals surface area contributed by atoms with Gasteiger partial charge in [0.25, 0.3) is 17.7 Å². The molecule has 0 aliphatic rings. The second-order valence-corrected chi connectivity index (χ2v) is 6.00. The summed E-state index contributed by atoms with van der Waals surface area (Å²) in [6, 6.07) is 2.79. The Morgan fingerprint density at radius 1 is 1.00 bits per heavy atom. The van der Waals surface area contributed by atoms with Gasteiger partial charge in [0, 0.05) is 24.2 Å². The second-order valence-electron chi connectivity index (χ2n) is 6.00. The third-order valence-electron chi connectivity index (χ3n) is 3.79. The monoisotopic (exact) mass is 450 g/mol. The molecule has 12 nitrogen and oxygen atoms in total. The number of hydrogen-bond acceptors (Lipinski definition) is 10. The highest BCUT2D eigenvalue weighted by Gasteiger charge is 2.18. The topological polar surface area (TPSA) is 150 Å². The average molecular weight is 450 g/mol. The molecule has 32 heavy (non-hydrogen) atoms. The van der Waals surface area contributed by atoms with E-state index < -0.39 is 24.6 Å². The number of nitrogens with zero attached hydrogens (tertiary/aromatic N) is 9. The Kier molecular flexibility index (Phi) is 5.73. The number of rotatable bonds is 7. The van der Waals surface area contributed by atoms with Gasteiger partial charge in [-0.1, -0.05) is 0 Å². The van der Waals surface area contributed by atoms with E-state index >= 15 is 0 Å². The summed E-state index contributed by atoms with van der Waals surface area (Å²) in [5, 5.41) is 20.5. The van der Waals surface area contributed by atoms with E-state index in [9.17, 15) is 22.4 Å². The van der Waals surface area contributed by atoms with E-state index in [4.69, 9.17) is 4.42 Å². The van der Waals surface area contributed by atoms with Crippen molar-refractivity contribution in [3.8, 4) is 22.8 Å². The molecule has 4 aromatic rings. The van der Waals surface area contributed by atoms with Crippen LogP contribution in [-0.4, -0.2) is 57.7 Å². The third-order valence-corrected chi connectivity index (χ3v) is 3.79. The van der Waals surface area contributed by atoms with Crippen molar-refractivity contribution in [3.05, 3.63) is 42.4 Å². The number of halogens is 4. The second kappa shape index (κ2) is 8.78. The Balaban J connectivity index is 1.41. The van der Waals surface area contributed by atoms with Crippen LogP contribution in [0, 0.1) is 0 Å². The van der Waals surface area contributed by atoms with Gasteiger partial charge in [-0.15, -0.1) is 20.4 Å². The first kappa shape index (κ1) is 20.9. The van der Waals surface area contributed by atoms with Crippen LogP contribution in [0.1, 0.15) is 18.1 Å². The van der Waals surface area contributed by atoms with Crippen LogP contribution in [0.2, 0.25) is 0 Å². The van der Waals surface area contributed by atoms with Gasteiger partial charge in [-0.05, 0) is 17.3 Å². The molecule has 1 amide bonds. The van der Waals surface area contributed by atoms with Gasteiger partial charge in [0.2, 0.25) is 5.82 Å². The number of pyridine rings is 1. The van der Waals surface area contributed by atoms with Crippen LogP contribution < -0.4 is 5.32 Å². The highest BCUT2D eigenvalue weighted by molar-refractivity contribution is 5.92. The number of alkyl halides is 4. The molecule has 0 spiro atoms. The molecule has 0 bridgehead atoms. The largest absolute Gasteiger partial charge is 0.415 e. The van der Waals surface area contributed by atoms with E-state index in [0.717, 1.165) is 0 Å². The number of tetrazole rings is 1. The lowest BCUT2D eigenvalue weighted by molar-refractivity contribution is -0.126. The summed E-state index contributed by atoms with van der Waals surface area (Å²) in [6.45, 7) is 0.0371. The lowest BCUT2D eigenvalue weighted by Gasteiger charge is -2.03. The molecule has 164 valence electrons. The Hall–Kier alpha value is -4.37. The number of amides is 1. The molecular weight excluding hydrogens is 440 g/mol. The fourth-order valence-electron chi connectivity index (χ4n) is 2.32. The summed E-state index contributed by atoms with van der Waals surface area (Å²) in [5.41, 5.74) is 0.680. The van der Waals surface area contributed by atoms with E-state index in [2.05, 4.69) is 40.6 Å². The summed E-state index contributed by atoms with van der Waals surface area (Å²) in [5.74, 6) is -1.99. The van der Waals surface area contributed by atoms with Crippen LogP contribution in [0.5, 0.6) is 0 Å². The first-order valence-electron chi connectivity index (χ1n) is 8.65. The van der Waals surface area contributed by atoms with Gasteiger partial charge in [-0.2, -0.15) is 22.4 Å². The van der Waals surface area contributed by atoms with Crippen LogP contribution in [0.25, 0.3) is 22.8 Å². The van der Waals surface area contributed by atoms with Crippen LogP contribution in [0.15, 0.2) is 35.1 Å². The third kappa shape index (κ3) is 4.68.